The van der Waals surface area contributed by atoms with E-state index in [9.17, 15) is 14.4 Å². The van der Waals surface area contributed by atoms with Crippen LogP contribution in [0.15, 0.2) is 12.3 Å². The zero-order valence-electron chi connectivity index (χ0n) is 27.8. The van der Waals surface area contributed by atoms with Crippen LogP contribution in [0.4, 0.5) is 0 Å². The second-order valence-corrected chi connectivity index (χ2v) is 11.4. The second kappa shape index (κ2) is 23.4. The third kappa shape index (κ3) is 16.6. The Bertz CT molecular complexity index is 760. The first kappa shape index (κ1) is 40.0. The highest BCUT2D eigenvalue weighted by atomic mass is 16.6. The van der Waals surface area contributed by atoms with Gasteiger partial charge in [0.25, 0.3) is 0 Å². The third-order valence-corrected chi connectivity index (χ3v) is 7.46. The van der Waals surface area contributed by atoms with E-state index in [1.807, 2.05) is 47.6 Å². The Morgan fingerprint density at radius 3 is 2.07 bits per heavy atom. The molecule has 0 saturated heterocycles. The number of amides is 1. The van der Waals surface area contributed by atoms with Gasteiger partial charge in [0.05, 0.1) is 31.3 Å². The molecule has 246 valence electrons. The average Bonchev–Trinajstić information content (AvgIpc) is 2.97. The molecule has 0 aliphatic carbocycles. The van der Waals surface area contributed by atoms with Gasteiger partial charge in [-0.15, -0.1) is 0 Å². The fourth-order valence-electron chi connectivity index (χ4n) is 4.72. The quantitative estimate of drug-likeness (QED) is 0.0808. The third-order valence-electron chi connectivity index (χ3n) is 7.46. The standard InChI is InChI=1S/C32H59NO9/c1-11-17-39-18-19-40-21-30(35)41-27(12-2)20-29(37-9)24(5)13-14-28(42-32(36)23(3)4)26(7)31(38-10)25(6)15-16-33(8)22-34/h15-16,22-29,31H,11-14,17-21H2,1-10H3/b16-15+/t24-,25+,26-,27+,28?,29-,31+/m0/s1. The smallest absolute Gasteiger partial charge is 0.332 e. The van der Waals surface area contributed by atoms with E-state index >= 15 is 0 Å². The van der Waals surface area contributed by atoms with Gasteiger partial charge in [-0.2, -0.15) is 0 Å². The summed E-state index contributed by atoms with van der Waals surface area (Å²) < 4.78 is 34.1. The lowest BCUT2D eigenvalue weighted by Crippen LogP contribution is -2.39. The number of carbonyl (C=O) groups is 3. The minimum atomic E-state index is -0.401. The topological polar surface area (TPSA) is 110 Å². The number of methoxy groups -OCH3 is 2. The number of hydrogen-bond donors (Lipinski definition) is 0. The molecule has 0 fully saturated rings. The van der Waals surface area contributed by atoms with Gasteiger partial charge in [-0.05, 0) is 31.6 Å². The molecule has 0 aliphatic heterocycles. The molecule has 10 heteroatoms. The van der Waals surface area contributed by atoms with Crippen LogP contribution in [0.25, 0.3) is 0 Å². The van der Waals surface area contributed by atoms with Crippen LogP contribution in [-0.4, -0.2) is 95.4 Å². The zero-order valence-corrected chi connectivity index (χ0v) is 27.8. The summed E-state index contributed by atoms with van der Waals surface area (Å²) >= 11 is 0. The van der Waals surface area contributed by atoms with Crippen LogP contribution in [0.3, 0.4) is 0 Å². The monoisotopic (exact) mass is 601 g/mol. The lowest BCUT2D eigenvalue weighted by molar-refractivity contribution is -0.159. The summed E-state index contributed by atoms with van der Waals surface area (Å²) in [6, 6.07) is 0. The van der Waals surface area contributed by atoms with Gasteiger partial charge in [-0.25, -0.2) is 4.79 Å². The Kier molecular flexibility index (Phi) is 22.3. The van der Waals surface area contributed by atoms with Crippen LogP contribution in [0, 0.1) is 23.7 Å². The summed E-state index contributed by atoms with van der Waals surface area (Å²) in [7, 11) is 4.99. The van der Waals surface area contributed by atoms with Gasteiger partial charge in [0.15, 0.2) is 0 Å². The maximum atomic E-state index is 12.6. The van der Waals surface area contributed by atoms with Crippen LogP contribution in [0.1, 0.15) is 80.6 Å². The lowest BCUT2D eigenvalue weighted by Gasteiger charge is -2.34. The van der Waals surface area contributed by atoms with Crippen molar-refractivity contribution in [3.8, 4) is 0 Å². The number of rotatable bonds is 25. The summed E-state index contributed by atoms with van der Waals surface area (Å²) in [6.45, 7) is 15.2. The number of nitrogens with zero attached hydrogens (tertiary/aromatic N) is 1. The highest BCUT2D eigenvalue weighted by molar-refractivity contribution is 5.71. The number of hydrogen-bond acceptors (Lipinski definition) is 9. The molecule has 0 rings (SSSR count). The molecule has 0 aliphatic rings. The first-order chi connectivity index (χ1) is 19.9. The van der Waals surface area contributed by atoms with Crippen molar-refractivity contribution in [3.05, 3.63) is 12.3 Å². The molecule has 7 atom stereocenters. The van der Waals surface area contributed by atoms with Crippen LogP contribution in [0.2, 0.25) is 0 Å². The fourth-order valence-corrected chi connectivity index (χ4v) is 4.72. The Labute approximate surface area is 254 Å². The van der Waals surface area contributed by atoms with Gasteiger partial charge in [0.1, 0.15) is 18.8 Å². The molecule has 0 aromatic rings. The number of carbonyl (C=O) groups excluding carboxylic acids is 3. The van der Waals surface area contributed by atoms with E-state index in [1.54, 1.807) is 27.5 Å². The Morgan fingerprint density at radius 1 is 0.857 bits per heavy atom. The zero-order chi connectivity index (χ0) is 32.1. The predicted octanol–water partition coefficient (Wildman–Crippen LogP) is 5.03. The molecule has 0 saturated carbocycles. The molecule has 0 bridgehead atoms. The van der Waals surface area contributed by atoms with Crippen LogP contribution in [0.5, 0.6) is 0 Å². The minimum Gasteiger partial charge on any atom is -0.462 e. The summed E-state index contributed by atoms with van der Waals surface area (Å²) in [6.07, 6.45) is 6.81. The van der Waals surface area contributed by atoms with Gasteiger partial charge < -0.3 is 33.3 Å². The van der Waals surface area contributed by atoms with E-state index in [0.29, 0.717) is 39.1 Å². The van der Waals surface area contributed by atoms with E-state index in [1.165, 1.54) is 4.90 Å². The number of ether oxygens (including phenoxy) is 6. The predicted molar refractivity (Wildman–Crippen MR) is 163 cm³/mol. The molecule has 0 aromatic heterocycles. The first-order valence-corrected chi connectivity index (χ1v) is 15.4. The second-order valence-electron chi connectivity index (χ2n) is 11.4. The maximum Gasteiger partial charge on any atom is 0.332 e. The largest absolute Gasteiger partial charge is 0.462 e. The van der Waals surface area contributed by atoms with E-state index < -0.39 is 5.97 Å². The van der Waals surface area contributed by atoms with Crippen LogP contribution in [-0.2, 0) is 42.8 Å². The summed E-state index contributed by atoms with van der Waals surface area (Å²) in [5, 5.41) is 0. The minimum absolute atomic E-state index is 0.0235. The highest BCUT2D eigenvalue weighted by Gasteiger charge is 2.33. The molecule has 0 aromatic carbocycles. The van der Waals surface area contributed by atoms with Crippen molar-refractivity contribution in [2.75, 3.05) is 47.7 Å². The van der Waals surface area contributed by atoms with Crippen LogP contribution < -0.4 is 0 Å². The Morgan fingerprint density at radius 2 is 1.52 bits per heavy atom. The fraction of sp³-hybridized carbons (Fsp3) is 0.844. The Balaban J connectivity index is 5.29. The Hall–Kier alpha value is -2.01. The van der Waals surface area contributed by atoms with Gasteiger partial charge in [-0.1, -0.05) is 54.5 Å². The molecular weight excluding hydrogens is 542 g/mol. The lowest BCUT2D eigenvalue weighted by atomic mass is 9.84. The van der Waals surface area contributed by atoms with Crippen molar-refractivity contribution >= 4 is 18.3 Å². The molecule has 1 unspecified atom stereocenters. The molecule has 10 nitrogen and oxygen atoms in total. The highest BCUT2D eigenvalue weighted by Crippen LogP contribution is 2.29. The molecule has 0 N–H and O–H groups in total. The van der Waals surface area contributed by atoms with E-state index in [2.05, 4.69) is 6.92 Å². The van der Waals surface area contributed by atoms with Crippen LogP contribution >= 0.6 is 0 Å². The summed E-state index contributed by atoms with van der Waals surface area (Å²) in [4.78, 5) is 37.4. The van der Waals surface area contributed by atoms with E-state index in [0.717, 1.165) is 19.3 Å². The van der Waals surface area contributed by atoms with Crippen molar-refractivity contribution in [1.29, 1.82) is 0 Å². The summed E-state index contributed by atoms with van der Waals surface area (Å²) in [5.74, 6) is -0.924. The van der Waals surface area contributed by atoms with Crippen molar-refractivity contribution < 1.29 is 42.8 Å². The summed E-state index contributed by atoms with van der Waals surface area (Å²) in [5.41, 5.74) is 0. The molecule has 1 amide bonds. The first-order valence-electron chi connectivity index (χ1n) is 15.4. The van der Waals surface area contributed by atoms with Crippen molar-refractivity contribution in [2.45, 2.75) is 105 Å². The van der Waals surface area contributed by atoms with Gasteiger partial charge in [0, 0.05) is 52.3 Å². The van der Waals surface area contributed by atoms with Crippen molar-refractivity contribution in [1.82, 2.24) is 4.90 Å². The molecule has 0 heterocycles. The normalized spacial score (nSPS) is 16.8. The maximum absolute atomic E-state index is 12.6. The van der Waals surface area contributed by atoms with E-state index in [4.69, 9.17) is 28.4 Å². The molecule has 0 spiro atoms. The van der Waals surface area contributed by atoms with Crippen molar-refractivity contribution in [2.24, 2.45) is 23.7 Å². The van der Waals surface area contributed by atoms with Gasteiger partial charge >= 0.3 is 11.9 Å². The number of esters is 2. The molecule has 42 heavy (non-hydrogen) atoms. The van der Waals surface area contributed by atoms with Crippen molar-refractivity contribution in [3.63, 3.8) is 0 Å². The SMILES string of the molecule is CCCOCCOCC(=O)O[C@H](CC)C[C@H](OC)[C@@H](C)CCC(OC(=O)C(C)C)[C@H](C)[C@H](OC)[C@H](C)/C=C/N(C)C=O. The van der Waals surface area contributed by atoms with Gasteiger partial charge in [0.2, 0.25) is 6.41 Å². The van der Waals surface area contributed by atoms with Gasteiger partial charge in [-0.3, -0.25) is 9.59 Å². The molecular formula is C32H59NO9. The average molecular weight is 602 g/mol. The molecule has 0 radical (unpaired) electrons. The van der Waals surface area contributed by atoms with E-state index in [-0.39, 0.29) is 60.7 Å².